The maximum Gasteiger partial charge on any atom is 0.125 e. The quantitative estimate of drug-likeness (QED) is 0.753. The minimum atomic E-state index is 0.463. The Morgan fingerprint density at radius 2 is 2.29 bits per heavy atom. The molecule has 0 unspecified atom stereocenters. The Morgan fingerprint density at radius 1 is 1.53 bits per heavy atom. The Morgan fingerprint density at radius 3 is 2.94 bits per heavy atom. The van der Waals surface area contributed by atoms with E-state index in [1.165, 1.54) is 37.5 Å². The van der Waals surface area contributed by atoms with Gasteiger partial charge in [-0.3, -0.25) is 0 Å². The topological polar surface area (TPSA) is 33.2 Å². The summed E-state index contributed by atoms with van der Waals surface area (Å²) < 4.78 is 0. The molecule has 1 aromatic rings. The number of nitrogens with zero attached hydrogens (tertiary/aromatic N) is 2. The van der Waals surface area contributed by atoms with Gasteiger partial charge < -0.3 is 9.69 Å². The van der Waals surface area contributed by atoms with Gasteiger partial charge in [-0.1, -0.05) is 6.92 Å². The van der Waals surface area contributed by atoms with Gasteiger partial charge in [-0.05, 0) is 38.4 Å². The highest BCUT2D eigenvalue weighted by Gasteiger charge is 2.19. The van der Waals surface area contributed by atoms with Crippen molar-refractivity contribution in [3.05, 3.63) is 16.1 Å². The fourth-order valence-electron chi connectivity index (χ4n) is 2.38. The van der Waals surface area contributed by atoms with Crippen molar-refractivity contribution in [3.8, 4) is 0 Å². The summed E-state index contributed by atoms with van der Waals surface area (Å²) in [6.45, 7) is 5.86. The van der Waals surface area contributed by atoms with Gasteiger partial charge in [0.15, 0.2) is 0 Å². The first-order chi connectivity index (χ1) is 8.31. The van der Waals surface area contributed by atoms with E-state index < -0.39 is 0 Å². The normalized spacial score (nSPS) is 18.4. The molecule has 1 aromatic heterocycles. The second kappa shape index (κ2) is 6.26. The standard InChI is InChI=1S/C13H20N2OS/c1-2-15-6-3-11(4-7-15)9-13-14-12(5-8-16)10-17-13/h8,10-11H,2-7,9H2,1H3. The van der Waals surface area contributed by atoms with Gasteiger partial charge in [0.25, 0.3) is 0 Å². The van der Waals surface area contributed by atoms with Crippen LogP contribution in [0.15, 0.2) is 5.38 Å². The van der Waals surface area contributed by atoms with Crippen molar-refractivity contribution in [1.29, 1.82) is 0 Å². The minimum absolute atomic E-state index is 0.463. The number of carbonyl (C=O) groups is 1. The van der Waals surface area contributed by atoms with Crippen molar-refractivity contribution in [1.82, 2.24) is 9.88 Å². The molecule has 0 atom stereocenters. The van der Waals surface area contributed by atoms with E-state index in [1.54, 1.807) is 11.3 Å². The Balaban J connectivity index is 1.82. The van der Waals surface area contributed by atoms with Gasteiger partial charge in [-0.2, -0.15) is 0 Å². The lowest BCUT2D eigenvalue weighted by Crippen LogP contribution is -2.34. The number of aromatic nitrogens is 1. The Labute approximate surface area is 107 Å². The molecular weight excluding hydrogens is 232 g/mol. The van der Waals surface area contributed by atoms with Crippen LogP contribution in [0.2, 0.25) is 0 Å². The summed E-state index contributed by atoms with van der Waals surface area (Å²) in [5, 5.41) is 3.22. The third-order valence-corrected chi connectivity index (χ3v) is 4.43. The lowest BCUT2D eigenvalue weighted by atomic mass is 9.94. The molecule has 4 heteroatoms. The fraction of sp³-hybridized carbons (Fsp3) is 0.692. The third kappa shape index (κ3) is 3.61. The SMILES string of the molecule is CCN1CCC(Cc2nc(CC=O)cs2)CC1. The molecule has 0 aromatic carbocycles. The van der Waals surface area contributed by atoms with E-state index in [0.717, 1.165) is 24.3 Å². The third-order valence-electron chi connectivity index (χ3n) is 3.51. The van der Waals surface area contributed by atoms with Crippen LogP contribution in [-0.4, -0.2) is 35.8 Å². The predicted molar refractivity (Wildman–Crippen MR) is 70.4 cm³/mol. The van der Waals surface area contributed by atoms with Crippen LogP contribution in [-0.2, 0) is 17.6 Å². The second-order valence-electron chi connectivity index (χ2n) is 4.69. The number of likely N-dealkylation sites (tertiary alicyclic amines) is 1. The van der Waals surface area contributed by atoms with E-state index >= 15 is 0 Å². The molecule has 0 aliphatic carbocycles. The molecule has 2 rings (SSSR count). The monoisotopic (exact) mass is 252 g/mol. The lowest BCUT2D eigenvalue weighted by molar-refractivity contribution is -0.107. The minimum Gasteiger partial charge on any atom is -0.304 e. The summed E-state index contributed by atoms with van der Waals surface area (Å²) in [7, 11) is 0. The fourth-order valence-corrected chi connectivity index (χ4v) is 3.30. The van der Waals surface area contributed by atoms with E-state index in [4.69, 9.17) is 0 Å². The van der Waals surface area contributed by atoms with Gasteiger partial charge >= 0.3 is 0 Å². The van der Waals surface area contributed by atoms with Crippen LogP contribution >= 0.6 is 11.3 Å². The maximum atomic E-state index is 10.4. The number of hydrogen-bond donors (Lipinski definition) is 0. The van der Waals surface area contributed by atoms with Crippen LogP contribution in [0.1, 0.15) is 30.5 Å². The first-order valence-corrected chi connectivity index (χ1v) is 7.29. The van der Waals surface area contributed by atoms with E-state index in [1.807, 2.05) is 5.38 Å². The van der Waals surface area contributed by atoms with Crippen LogP contribution in [0.4, 0.5) is 0 Å². The molecule has 0 amide bonds. The Kier molecular flexibility index (Phi) is 4.68. The average Bonchev–Trinajstić information content (AvgIpc) is 2.78. The number of carbonyl (C=O) groups excluding carboxylic acids is 1. The highest BCUT2D eigenvalue weighted by molar-refractivity contribution is 7.09. The van der Waals surface area contributed by atoms with Gasteiger partial charge in [0, 0.05) is 18.2 Å². The molecule has 1 fully saturated rings. The van der Waals surface area contributed by atoms with E-state index in [2.05, 4.69) is 16.8 Å². The van der Waals surface area contributed by atoms with E-state index in [9.17, 15) is 4.79 Å². The first kappa shape index (κ1) is 12.7. The van der Waals surface area contributed by atoms with Crippen molar-refractivity contribution in [2.24, 2.45) is 5.92 Å². The zero-order chi connectivity index (χ0) is 12.1. The summed E-state index contributed by atoms with van der Waals surface area (Å²) in [6, 6.07) is 0. The number of thiazole rings is 1. The second-order valence-corrected chi connectivity index (χ2v) is 5.63. The van der Waals surface area contributed by atoms with Crippen molar-refractivity contribution in [3.63, 3.8) is 0 Å². The molecular formula is C13H20N2OS. The molecule has 2 heterocycles. The van der Waals surface area contributed by atoms with Gasteiger partial charge in [0.05, 0.1) is 10.7 Å². The van der Waals surface area contributed by atoms with Crippen LogP contribution in [0.5, 0.6) is 0 Å². The molecule has 94 valence electrons. The van der Waals surface area contributed by atoms with E-state index in [-0.39, 0.29) is 0 Å². The van der Waals surface area contributed by atoms with Crippen LogP contribution in [0, 0.1) is 5.92 Å². The number of rotatable bonds is 5. The molecule has 17 heavy (non-hydrogen) atoms. The highest BCUT2D eigenvalue weighted by atomic mass is 32.1. The van der Waals surface area contributed by atoms with Crippen molar-refractivity contribution < 1.29 is 4.79 Å². The summed E-state index contributed by atoms with van der Waals surface area (Å²) >= 11 is 1.71. The molecule has 0 radical (unpaired) electrons. The smallest absolute Gasteiger partial charge is 0.125 e. The molecule has 0 saturated carbocycles. The molecule has 3 nitrogen and oxygen atoms in total. The van der Waals surface area contributed by atoms with Crippen LogP contribution in [0.3, 0.4) is 0 Å². The Hall–Kier alpha value is -0.740. The first-order valence-electron chi connectivity index (χ1n) is 6.41. The zero-order valence-electron chi connectivity index (χ0n) is 10.4. The Bertz CT molecular complexity index is 356. The van der Waals surface area contributed by atoms with Gasteiger partial charge in [-0.25, -0.2) is 4.98 Å². The molecule has 1 saturated heterocycles. The summed E-state index contributed by atoms with van der Waals surface area (Å²) in [4.78, 5) is 17.4. The average molecular weight is 252 g/mol. The highest BCUT2D eigenvalue weighted by Crippen LogP contribution is 2.23. The number of aldehydes is 1. The number of hydrogen-bond acceptors (Lipinski definition) is 4. The molecule has 1 aliphatic heterocycles. The molecule has 1 aliphatic rings. The summed E-state index contributed by atoms with van der Waals surface area (Å²) in [6.07, 6.45) is 5.07. The van der Waals surface area contributed by atoms with Crippen LogP contribution in [0.25, 0.3) is 0 Å². The summed E-state index contributed by atoms with van der Waals surface area (Å²) in [5.41, 5.74) is 0.936. The zero-order valence-corrected chi connectivity index (χ0v) is 11.2. The summed E-state index contributed by atoms with van der Waals surface area (Å²) in [5.74, 6) is 0.785. The molecule has 0 bridgehead atoms. The molecule has 0 N–H and O–H groups in total. The largest absolute Gasteiger partial charge is 0.304 e. The van der Waals surface area contributed by atoms with Crippen LogP contribution < -0.4 is 0 Å². The van der Waals surface area contributed by atoms with Crippen molar-refractivity contribution in [2.75, 3.05) is 19.6 Å². The van der Waals surface area contributed by atoms with Gasteiger partial charge in [0.1, 0.15) is 6.29 Å². The lowest BCUT2D eigenvalue weighted by Gasteiger charge is -2.30. The maximum absolute atomic E-state index is 10.4. The predicted octanol–water partition coefficient (Wildman–Crippen LogP) is 2.16. The van der Waals surface area contributed by atoms with Gasteiger partial charge in [0.2, 0.25) is 0 Å². The van der Waals surface area contributed by atoms with Gasteiger partial charge in [-0.15, -0.1) is 11.3 Å². The van der Waals surface area contributed by atoms with Crippen molar-refractivity contribution >= 4 is 17.6 Å². The molecule has 0 spiro atoms. The van der Waals surface area contributed by atoms with Crippen molar-refractivity contribution in [2.45, 2.75) is 32.6 Å². The van der Waals surface area contributed by atoms with E-state index in [0.29, 0.717) is 6.42 Å². The number of piperidine rings is 1.